The van der Waals surface area contributed by atoms with Gasteiger partial charge >= 0.3 is 0 Å². The molecular formula is C25H24FN3O2. The second-order valence-electron chi connectivity index (χ2n) is 7.29. The highest BCUT2D eigenvalue weighted by atomic mass is 19.1. The van der Waals surface area contributed by atoms with Gasteiger partial charge in [-0.1, -0.05) is 36.4 Å². The molecule has 0 aliphatic rings. The highest BCUT2D eigenvalue weighted by Gasteiger charge is 2.13. The van der Waals surface area contributed by atoms with E-state index in [9.17, 15) is 9.18 Å². The summed E-state index contributed by atoms with van der Waals surface area (Å²) in [4.78, 5) is 17.0. The molecule has 1 amide bonds. The lowest BCUT2D eigenvalue weighted by Crippen LogP contribution is -2.25. The smallest absolute Gasteiger partial charge is 0.254 e. The molecule has 0 spiro atoms. The Morgan fingerprint density at radius 3 is 2.55 bits per heavy atom. The van der Waals surface area contributed by atoms with E-state index in [1.54, 1.807) is 19.2 Å². The fourth-order valence-corrected chi connectivity index (χ4v) is 3.60. The van der Waals surface area contributed by atoms with E-state index in [0.29, 0.717) is 25.9 Å². The molecule has 0 atom stereocenters. The van der Waals surface area contributed by atoms with Gasteiger partial charge < -0.3 is 14.6 Å². The van der Waals surface area contributed by atoms with Crippen LogP contribution in [0.25, 0.3) is 11.0 Å². The number of carbonyl (C=O) groups is 1. The zero-order chi connectivity index (χ0) is 21.6. The predicted molar refractivity (Wildman–Crippen MR) is 119 cm³/mol. The van der Waals surface area contributed by atoms with E-state index in [2.05, 4.69) is 16.0 Å². The predicted octanol–water partition coefficient (Wildman–Crippen LogP) is 4.59. The van der Waals surface area contributed by atoms with Gasteiger partial charge in [0, 0.05) is 19.5 Å². The van der Waals surface area contributed by atoms with Crippen molar-refractivity contribution in [3.8, 4) is 5.75 Å². The highest BCUT2D eigenvalue weighted by Crippen LogP contribution is 2.20. The summed E-state index contributed by atoms with van der Waals surface area (Å²) in [7, 11) is 1.65. The minimum absolute atomic E-state index is 0.0641. The second-order valence-corrected chi connectivity index (χ2v) is 7.29. The second kappa shape index (κ2) is 9.43. The third-order valence-corrected chi connectivity index (χ3v) is 5.21. The molecule has 1 aromatic heterocycles. The number of methoxy groups -OCH3 is 1. The van der Waals surface area contributed by atoms with Gasteiger partial charge in [-0.25, -0.2) is 9.37 Å². The molecule has 1 heterocycles. The number of para-hydroxylation sites is 2. The lowest BCUT2D eigenvalue weighted by Gasteiger charge is -2.11. The number of hydrogen-bond acceptors (Lipinski definition) is 3. The molecule has 3 aromatic carbocycles. The Morgan fingerprint density at radius 1 is 1.03 bits per heavy atom. The molecule has 0 bridgehead atoms. The summed E-state index contributed by atoms with van der Waals surface area (Å²) in [5, 5.41) is 2.80. The average Bonchev–Trinajstić information content (AvgIpc) is 3.14. The Labute approximate surface area is 180 Å². The van der Waals surface area contributed by atoms with Crippen molar-refractivity contribution in [1.29, 1.82) is 0 Å². The highest BCUT2D eigenvalue weighted by molar-refractivity contribution is 5.94. The van der Waals surface area contributed by atoms with E-state index in [0.717, 1.165) is 28.2 Å². The van der Waals surface area contributed by atoms with E-state index in [1.165, 1.54) is 12.1 Å². The number of fused-ring (bicyclic) bond motifs is 1. The first-order chi connectivity index (χ1) is 15.2. The normalized spacial score (nSPS) is 10.9. The molecule has 4 rings (SSSR count). The molecular weight excluding hydrogens is 393 g/mol. The van der Waals surface area contributed by atoms with Gasteiger partial charge in [-0.2, -0.15) is 0 Å². The molecule has 1 N–H and O–H groups in total. The first-order valence-electron chi connectivity index (χ1n) is 10.3. The van der Waals surface area contributed by atoms with Crippen LogP contribution in [-0.2, 0) is 13.0 Å². The van der Waals surface area contributed by atoms with Crippen LogP contribution in [0.5, 0.6) is 5.75 Å². The van der Waals surface area contributed by atoms with Crippen molar-refractivity contribution in [2.45, 2.75) is 19.4 Å². The van der Waals surface area contributed by atoms with Crippen LogP contribution in [0.1, 0.15) is 28.2 Å². The van der Waals surface area contributed by atoms with Crippen LogP contribution in [0.3, 0.4) is 0 Å². The number of imidazole rings is 1. The summed E-state index contributed by atoms with van der Waals surface area (Å²) < 4.78 is 21.2. The zero-order valence-electron chi connectivity index (χ0n) is 17.3. The van der Waals surface area contributed by atoms with E-state index in [-0.39, 0.29) is 5.56 Å². The minimum atomic E-state index is -0.513. The summed E-state index contributed by atoms with van der Waals surface area (Å²) in [5.41, 5.74) is 3.23. The van der Waals surface area contributed by atoms with Gasteiger partial charge in [0.25, 0.3) is 5.91 Å². The number of ether oxygens (including phenoxy) is 1. The Kier molecular flexibility index (Phi) is 6.26. The maximum Gasteiger partial charge on any atom is 0.254 e. The molecule has 6 heteroatoms. The number of nitrogens with zero attached hydrogens (tertiary/aromatic N) is 2. The fraction of sp³-hybridized carbons (Fsp3) is 0.200. The number of hydrogen-bond donors (Lipinski definition) is 1. The van der Waals surface area contributed by atoms with Crippen molar-refractivity contribution in [2.24, 2.45) is 0 Å². The Morgan fingerprint density at radius 2 is 1.77 bits per heavy atom. The number of rotatable bonds is 8. The van der Waals surface area contributed by atoms with Gasteiger partial charge in [-0.05, 0) is 48.4 Å². The van der Waals surface area contributed by atoms with Gasteiger partial charge in [0.2, 0.25) is 0 Å². The number of carbonyl (C=O) groups excluding carboxylic acids is 1. The van der Waals surface area contributed by atoms with Crippen molar-refractivity contribution in [3.63, 3.8) is 0 Å². The minimum Gasteiger partial charge on any atom is -0.497 e. The van der Waals surface area contributed by atoms with Crippen molar-refractivity contribution in [2.75, 3.05) is 13.7 Å². The quantitative estimate of drug-likeness (QED) is 0.427. The van der Waals surface area contributed by atoms with Crippen LogP contribution in [0.4, 0.5) is 4.39 Å². The average molecular weight is 417 g/mol. The van der Waals surface area contributed by atoms with Crippen molar-refractivity contribution < 1.29 is 13.9 Å². The fourth-order valence-electron chi connectivity index (χ4n) is 3.60. The molecule has 0 radical (unpaired) electrons. The summed E-state index contributed by atoms with van der Waals surface area (Å²) in [5.74, 6) is 0.869. The van der Waals surface area contributed by atoms with Crippen molar-refractivity contribution >= 4 is 16.9 Å². The zero-order valence-corrected chi connectivity index (χ0v) is 17.3. The maximum absolute atomic E-state index is 13.8. The number of halogens is 1. The van der Waals surface area contributed by atoms with Crippen LogP contribution in [0.2, 0.25) is 0 Å². The van der Waals surface area contributed by atoms with Crippen LogP contribution < -0.4 is 10.1 Å². The Bertz CT molecular complexity index is 1190. The van der Waals surface area contributed by atoms with Gasteiger partial charge in [-0.3, -0.25) is 4.79 Å². The molecule has 0 saturated carbocycles. The van der Waals surface area contributed by atoms with Crippen LogP contribution in [-0.4, -0.2) is 29.1 Å². The van der Waals surface area contributed by atoms with E-state index in [4.69, 9.17) is 9.72 Å². The van der Waals surface area contributed by atoms with Crippen molar-refractivity contribution in [3.05, 3.63) is 95.6 Å². The largest absolute Gasteiger partial charge is 0.497 e. The molecule has 0 fully saturated rings. The Hall–Kier alpha value is -3.67. The summed E-state index contributed by atoms with van der Waals surface area (Å²) in [6.45, 7) is 1.14. The lowest BCUT2D eigenvalue weighted by molar-refractivity contribution is 0.0949. The molecule has 158 valence electrons. The molecule has 4 aromatic rings. The van der Waals surface area contributed by atoms with Gasteiger partial charge in [0.15, 0.2) is 0 Å². The lowest BCUT2D eigenvalue weighted by atomic mass is 10.2. The first-order valence-corrected chi connectivity index (χ1v) is 10.3. The number of benzene rings is 3. The number of aromatic nitrogens is 2. The standard InChI is InChI=1S/C25H24FN3O2/c1-31-19-14-12-18(13-15-19)17-29-23-10-5-4-9-22(23)28-24(29)11-6-16-27-25(30)20-7-2-3-8-21(20)26/h2-5,7-10,12-15H,6,11,16-17H2,1H3,(H,27,30). The van der Waals surface area contributed by atoms with Crippen LogP contribution in [0, 0.1) is 5.82 Å². The number of aryl methyl sites for hydroxylation is 1. The number of amides is 1. The maximum atomic E-state index is 13.8. The SMILES string of the molecule is COc1ccc(Cn2c(CCCNC(=O)c3ccccc3F)nc3ccccc32)cc1. The summed E-state index contributed by atoms with van der Waals surface area (Å²) in [6.07, 6.45) is 1.40. The number of nitrogens with one attached hydrogen (secondary N) is 1. The first kappa shape index (κ1) is 20.6. The topological polar surface area (TPSA) is 56.1 Å². The summed E-state index contributed by atoms with van der Waals surface area (Å²) in [6, 6.07) is 22.0. The molecule has 0 saturated heterocycles. The molecule has 5 nitrogen and oxygen atoms in total. The molecule has 0 unspecified atom stereocenters. The third-order valence-electron chi connectivity index (χ3n) is 5.21. The van der Waals surface area contributed by atoms with Gasteiger partial charge in [0.05, 0.1) is 23.7 Å². The third kappa shape index (κ3) is 4.74. The molecule has 0 aliphatic heterocycles. The Balaban J connectivity index is 1.45. The van der Waals surface area contributed by atoms with Crippen LogP contribution >= 0.6 is 0 Å². The van der Waals surface area contributed by atoms with Gasteiger partial charge in [-0.15, -0.1) is 0 Å². The van der Waals surface area contributed by atoms with Crippen molar-refractivity contribution in [1.82, 2.24) is 14.9 Å². The van der Waals surface area contributed by atoms with Crippen LogP contribution in [0.15, 0.2) is 72.8 Å². The van der Waals surface area contributed by atoms with E-state index < -0.39 is 11.7 Å². The molecule has 0 aliphatic carbocycles. The van der Waals surface area contributed by atoms with E-state index in [1.807, 2.05) is 42.5 Å². The van der Waals surface area contributed by atoms with E-state index >= 15 is 0 Å². The van der Waals surface area contributed by atoms with Gasteiger partial charge in [0.1, 0.15) is 17.4 Å². The summed E-state index contributed by atoms with van der Waals surface area (Å²) >= 11 is 0. The monoisotopic (exact) mass is 417 g/mol. The molecule has 31 heavy (non-hydrogen) atoms.